The number of unbranched alkanes of at least 4 members (excludes halogenated alkanes) is 40. The molecule has 6 heteroatoms. The number of hydrogen-bond donors (Lipinski definition) is 0. The molecule has 1 atom stereocenters. The third-order valence-corrected chi connectivity index (χ3v) is 14.3. The van der Waals surface area contributed by atoms with Gasteiger partial charge in [-0.3, -0.25) is 14.4 Å². The van der Waals surface area contributed by atoms with E-state index in [0.717, 1.165) is 77.0 Å². The van der Waals surface area contributed by atoms with Crippen LogP contribution in [0.25, 0.3) is 0 Å². The Morgan fingerprint density at radius 3 is 0.836 bits per heavy atom. The summed E-state index contributed by atoms with van der Waals surface area (Å²) >= 11 is 0. The van der Waals surface area contributed by atoms with Gasteiger partial charge < -0.3 is 14.2 Å². The van der Waals surface area contributed by atoms with E-state index in [1.807, 2.05) is 0 Å². The van der Waals surface area contributed by atoms with E-state index in [0.29, 0.717) is 19.3 Å². The van der Waals surface area contributed by atoms with E-state index in [9.17, 15) is 14.4 Å². The van der Waals surface area contributed by atoms with Crippen molar-refractivity contribution in [1.82, 2.24) is 0 Å². The van der Waals surface area contributed by atoms with Crippen molar-refractivity contribution in [2.24, 2.45) is 0 Å². The van der Waals surface area contributed by atoms with Crippen molar-refractivity contribution in [3.05, 3.63) is 48.6 Å². The molecule has 0 radical (unpaired) electrons. The van der Waals surface area contributed by atoms with Gasteiger partial charge in [-0.1, -0.05) is 313 Å². The van der Waals surface area contributed by atoms with Crippen molar-refractivity contribution in [1.29, 1.82) is 0 Å². The number of ether oxygens (including phenoxy) is 3. The quantitative estimate of drug-likeness (QED) is 0.0261. The summed E-state index contributed by atoms with van der Waals surface area (Å²) < 4.78 is 16.9. The summed E-state index contributed by atoms with van der Waals surface area (Å²) in [5, 5.41) is 0. The van der Waals surface area contributed by atoms with Crippen molar-refractivity contribution < 1.29 is 28.6 Å². The fourth-order valence-electron chi connectivity index (χ4n) is 9.56. The number of esters is 3. The number of allylic oxidation sites excluding steroid dienone is 8. The maximum absolute atomic E-state index is 12.9. The van der Waals surface area contributed by atoms with Crippen molar-refractivity contribution in [3.8, 4) is 0 Å². The van der Waals surface area contributed by atoms with Crippen molar-refractivity contribution in [2.45, 2.75) is 348 Å². The highest BCUT2D eigenvalue weighted by atomic mass is 16.6. The van der Waals surface area contributed by atoms with E-state index in [4.69, 9.17) is 14.2 Å². The van der Waals surface area contributed by atoms with E-state index in [1.54, 1.807) is 0 Å². The summed E-state index contributed by atoms with van der Waals surface area (Å²) in [6.07, 6.45) is 77.0. The minimum absolute atomic E-state index is 0.0850. The van der Waals surface area contributed by atoms with Gasteiger partial charge >= 0.3 is 17.9 Å². The van der Waals surface area contributed by atoms with Gasteiger partial charge in [-0.2, -0.15) is 0 Å². The van der Waals surface area contributed by atoms with Gasteiger partial charge in [0.1, 0.15) is 13.2 Å². The Balaban J connectivity index is 4.32. The molecule has 426 valence electrons. The molecule has 0 aromatic heterocycles. The summed E-state index contributed by atoms with van der Waals surface area (Å²) in [4.78, 5) is 38.3. The zero-order valence-electron chi connectivity index (χ0n) is 48.9. The summed E-state index contributed by atoms with van der Waals surface area (Å²) in [5.74, 6) is -0.903. The average molecular weight is 1020 g/mol. The normalized spacial score (nSPS) is 12.3. The predicted molar refractivity (Wildman–Crippen MR) is 316 cm³/mol. The smallest absolute Gasteiger partial charge is 0.306 e. The third kappa shape index (κ3) is 60.1. The Labute approximate surface area is 454 Å². The van der Waals surface area contributed by atoms with Gasteiger partial charge in [-0.25, -0.2) is 0 Å². The van der Waals surface area contributed by atoms with Crippen LogP contribution in [-0.4, -0.2) is 37.2 Å². The van der Waals surface area contributed by atoms with Gasteiger partial charge in [0.2, 0.25) is 0 Å². The molecule has 0 saturated carbocycles. The lowest BCUT2D eigenvalue weighted by Gasteiger charge is -2.18. The first-order valence-corrected chi connectivity index (χ1v) is 32.1. The SMILES string of the molecule is CC/C=C\C/C=C\C/C=C\C/C=C\CCCCC(=O)OC(COC(=O)CCCCCCCCCCCCCCCCCCCCC)COC(=O)CCCCCCCCCCCCCCCCCCCCCCC. The van der Waals surface area contributed by atoms with E-state index in [-0.39, 0.29) is 37.5 Å². The van der Waals surface area contributed by atoms with Crippen molar-refractivity contribution >= 4 is 17.9 Å². The van der Waals surface area contributed by atoms with E-state index in [1.165, 1.54) is 218 Å². The molecule has 73 heavy (non-hydrogen) atoms. The van der Waals surface area contributed by atoms with Crippen LogP contribution in [0.15, 0.2) is 48.6 Å². The largest absolute Gasteiger partial charge is 0.462 e. The maximum Gasteiger partial charge on any atom is 0.306 e. The summed E-state index contributed by atoms with van der Waals surface area (Å²) in [5.41, 5.74) is 0. The monoisotopic (exact) mass is 1020 g/mol. The molecule has 0 rings (SSSR count). The highest BCUT2D eigenvalue weighted by Gasteiger charge is 2.19. The van der Waals surface area contributed by atoms with Crippen molar-refractivity contribution in [2.75, 3.05) is 13.2 Å². The van der Waals surface area contributed by atoms with Crippen LogP contribution < -0.4 is 0 Å². The average Bonchev–Trinajstić information content (AvgIpc) is 3.39. The van der Waals surface area contributed by atoms with Crippen LogP contribution in [0.4, 0.5) is 0 Å². The molecule has 1 unspecified atom stereocenters. The van der Waals surface area contributed by atoms with Crippen molar-refractivity contribution in [3.63, 3.8) is 0 Å². The van der Waals surface area contributed by atoms with Crippen LogP contribution in [0.1, 0.15) is 342 Å². The van der Waals surface area contributed by atoms with Crippen LogP contribution in [0.2, 0.25) is 0 Å². The summed E-state index contributed by atoms with van der Waals surface area (Å²) in [6.45, 7) is 6.56. The minimum atomic E-state index is -0.792. The number of hydrogen-bond acceptors (Lipinski definition) is 6. The summed E-state index contributed by atoms with van der Waals surface area (Å²) in [7, 11) is 0. The fraction of sp³-hybridized carbons (Fsp3) is 0.836. The van der Waals surface area contributed by atoms with Crippen LogP contribution in [0, 0.1) is 0 Å². The molecule has 0 saturated heterocycles. The minimum Gasteiger partial charge on any atom is -0.462 e. The second kappa shape index (κ2) is 61.9. The molecule has 0 amide bonds. The molecule has 0 aromatic rings. The number of carbonyl (C=O) groups excluding carboxylic acids is 3. The van der Waals surface area contributed by atoms with Crippen LogP contribution in [-0.2, 0) is 28.6 Å². The van der Waals surface area contributed by atoms with Gasteiger partial charge in [0.15, 0.2) is 6.10 Å². The van der Waals surface area contributed by atoms with Crippen LogP contribution in [0.5, 0.6) is 0 Å². The van der Waals surface area contributed by atoms with Gasteiger partial charge in [0.05, 0.1) is 0 Å². The lowest BCUT2D eigenvalue weighted by atomic mass is 10.0. The molecule has 0 aliphatic rings. The molecular weight excluding hydrogens is 901 g/mol. The molecule has 0 heterocycles. The second-order valence-electron chi connectivity index (χ2n) is 21.7. The van der Waals surface area contributed by atoms with Crippen LogP contribution in [0.3, 0.4) is 0 Å². The molecule has 0 aliphatic heterocycles. The zero-order chi connectivity index (χ0) is 52.9. The highest BCUT2D eigenvalue weighted by Crippen LogP contribution is 2.18. The third-order valence-electron chi connectivity index (χ3n) is 14.3. The van der Waals surface area contributed by atoms with E-state index >= 15 is 0 Å². The van der Waals surface area contributed by atoms with E-state index in [2.05, 4.69) is 69.4 Å². The van der Waals surface area contributed by atoms with Crippen LogP contribution >= 0.6 is 0 Å². The standard InChI is InChI=1S/C67H122O6/c1-4-7-10-13-16-19-22-25-28-30-32-33-35-37-40-42-45-48-51-54-57-60-66(69)72-63-64(73-67(70)61-58-55-52-49-46-43-38-27-24-21-18-15-12-9-6-3)62-71-65(68)59-56-53-50-47-44-41-39-36-34-31-29-26-23-20-17-14-11-8-5-2/h9,12,18,21,27,38,46,49,64H,4-8,10-11,13-17,19-20,22-26,28-37,39-45,47-48,50-63H2,1-3H3/b12-9-,21-18-,38-27-,49-46-. The fourth-order valence-corrected chi connectivity index (χ4v) is 9.56. The first-order valence-electron chi connectivity index (χ1n) is 32.1. The number of carbonyl (C=O) groups is 3. The highest BCUT2D eigenvalue weighted by molar-refractivity contribution is 5.71. The van der Waals surface area contributed by atoms with Gasteiger partial charge in [0, 0.05) is 19.3 Å². The Morgan fingerprint density at radius 1 is 0.288 bits per heavy atom. The lowest BCUT2D eigenvalue weighted by molar-refractivity contribution is -0.167. The molecule has 0 fully saturated rings. The van der Waals surface area contributed by atoms with Gasteiger partial charge in [0.25, 0.3) is 0 Å². The molecule has 0 bridgehead atoms. The topological polar surface area (TPSA) is 78.9 Å². The van der Waals surface area contributed by atoms with Gasteiger partial charge in [-0.15, -0.1) is 0 Å². The zero-order valence-corrected chi connectivity index (χ0v) is 48.9. The summed E-state index contributed by atoms with van der Waals surface area (Å²) in [6, 6.07) is 0. The predicted octanol–water partition coefficient (Wildman–Crippen LogP) is 21.8. The molecule has 0 spiro atoms. The molecule has 0 aromatic carbocycles. The molecule has 0 aliphatic carbocycles. The Kier molecular flexibility index (Phi) is 59.7. The molecule has 6 nitrogen and oxygen atoms in total. The Hall–Kier alpha value is -2.63. The second-order valence-corrected chi connectivity index (χ2v) is 21.7. The first-order chi connectivity index (χ1) is 36.0. The Bertz CT molecular complexity index is 1270. The number of rotatable bonds is 59. The molecule has 0 N–H and O–H groups in total. The lowest BCUT2D eigenvalue weighted by Crippen LogP contribution is -2.30. The first kappa shape index (κ1) is 70.4. The molecular formula is C67H122O6. The van der Waals surface area contributed by atoms with E-state index < -0.39 is 6.10 Å². The Morgan fingerprint density at radius 2 is 0.534 bits per heavy atom. The maximum atomic E-state index is 12.9. The van der Waals surface area contributed by atoms with Gasteiger partial charge in [-0.05, 0) is 57.8 Å².